The van der Waals surface area contributed by atoms with Crippen molar-refractivity contribution in [3.05, 3.63) is 35.1 Å². The highest BCUT2D eigenvalue weighted by molar-refractivity contribution is 5.32. The third kappa shape index (κ3) is 3.96. The lowest BCUT2D eigenvalue weighted by Gasteiger charge is -2.18. The molecule has 0 unspecified atom stereocenters. The Morgan fingerprint density at radius 3 is 2.39 bits per heavy atom. The van der Waals surface area contributed by atoms with Gasteiger partial charge in [0.15, 0.2) is 0 Å². The lowest BCUT2D eigenvalue weighted by molar-refractivity contribution is -0.138. The summed E-state index contributed by atoms with van der Waals surface area (Å²) in [4.78, 5) is 0. The first-order valence-electron chi connectivity index (χ1n) is 5.68. The maximum absolute atomic E-state index is 13.0. The first kappa shape index (κ1) is 14.9. The molecule has 0 aromatic heterocycles. The van der Waals surface area contributed by atoms with Gasteiger partial charge in [-0.15, -0.1) is 0 Å². The van der Waals surface area contributed by atoms with Gasteiger partial charge in [0.1, 0.15) is 5.82 Å². The van der Waals surface area contributed by atoms with Gasteiger partial charge in [-0.05, 0) is 43.1 Å². The summed E-state index contributed by atoms with van der Waals surface area (Å²) in [7, 11) is 0. The second kappa shape index (κ2) is 6.15. The standard InChI is InChI=1S/C12H16F4N2/c13-8-4-5-10(12(14,15)16)9(7-8)11(18)3-1-2-6-17/h4-5,7,11H,1-3,6,17-18H2/t11-/m0/s1. The SMILES string of the molecule is NCCCC[C@H](N)c1cc(F)ccc1C(F)(F)F. The van der Waals surface area contributed by atoms with Crippen LogP contribution in [0.5, 0.6) is 0 Å². The van der Waals surface area contributed by atoms with Crippen LogP contribution in [0.4, 0.5) is 17.6 Å². The van der Waals surface area contributed by atoms with E-state index in [2.05, 4.69) is 0 Å². The quantitative estimate of drug-likeness (QED) is 0.634. The molecule has 0 aliphatic heterocycles. The van der Waals surface area contributed by atoms with Crippen molar-refractivity contribution < 1.29 is 17.6 Å². The van der Waals surface area contributed by atoms with Gasteiger partial charge in [0.2, 0.25) is 0 Å². The number of nitrogens with two attached hydrogens (primary N) is 2. The van der Waals surface area contributed by atoms with Crippen molar-refractivity contribution in [2.75, 3.05) is 6.54 Å². The van der Waals surface area contributed by atoms with E-state index in [1.807, 2.05) is 0 Å². The molecule has 0 spiro atoms. The number of alkyl halides is 3. The van der Waals surface area contributed by atoms with Gasteiger partial charge in [0.05, 0.1) is 5.56 Å². The Labute approximate surface area is 103 Å². The number of unbranched alkanes of at least 4 members (excludes halogenated alkanes) is 1. The van der Waals surface area contributed by atoms with E-state index in [0.29, 0.717) is 25.8 Å². The fourth-order valence-corrected chi connectivity index (χ4v) is 1.76. The van der Waals surface area contributed by atoms with Crippen LogP contribution in [0.25, 0.3) is 0 Å². The minimum atomic E-state index is -4.52. The molecule has 1 atom stereocenters. The summed E-state index contributed by atoms with van der Waals surface area (Å²) in [6, 6.07) is 1.55. The van der Waals surface area contributed by atoms with Gasteiger partial charge in [-0.25, -0.2) is 4.39 Å². The lowest BCUT2D eigenvalue weighted by atomic mass is 9.96. The second-order valence-electron chi connectivity index (χ2n) is 4.12. The molecule has 18 heavy (non-hydrogen) atoms. The van der Waals surface area contributed by atoms with E-state index in [4.69, 9.17) is 11.5 Å². The van der Waals surface area contributed by atoms with E-state index in [9.17, 15) is 17.6 Å². The summed E-state index contributed by atoms with van der Waals surface area (Å²) in [5.41, 5.74) is 9.92. The molecule has 2 nitrogen and oxygen atoms in total. The average Bonchev–Trinajstić information content (AvgIpc) is 2.27. The largest absolute Gasteiger partial charge is 0.416 e. The maximum Gasteiger partial charge on any atom is 0.416 e. The van der Waals surface area contributed by atoms with Crippen molar-refractivity contribution in [2.45, 2.75) is 31.5 Å². The van der Waals surface area contributed by atoms with E-state index in [0.717, 1.165) is 18.2 Å². The number of halogens is 4. The first-order valence-corrected chi connectivity index (χ1v) is 5.68. The van der Waals surface area contributed by atoms with E-state index in [1.165, 1.54) is 0 Å². The fraction of sp³-hybridized carbons (Fsp3) is 0.500. The van der Waals surface area contributed by atoms with Crippen molar-refractivity contribution >= 4 is 0 Å². The van der Waals surface area contributed by atoms with Crippen LogP contribution < -0.4 is 11.5 Å². The molecule has 0 saturated heterocycles. The van der Waals surface area contributed by atoms with Crippen molar-refractivity contribution in [1.29, 1.82) is 0 Å². The van der Waals surface area contributed by atoms with Crippen LogP contribution in [0.1, 0.15) is 36.4 Å². The normalized spacial score (nSPS) is 13.7. The van der Waals surface area contributed by atoms with Gasteiger partial charge in [0.25, 0.3) is 0 Å². The Hall–Kier alpha value is -1.14. The van der Waals surface area contributed by atoms with Crippen molar-refractivity contribution in [3.8, 4) is 0 Å². The highest BCUT2D eigenvalue weighted by atomic mass is 19.4. The van der Waals surface area contributed by atoms with Gasteiger partial charge in [-0.2, -0.15) is 13.2 Å². The fourth-order valence-electron chi connectivity index (χ4n) is 1.76. The van der Waals surface area contributed by atoms with E-state index < -0.39 is 23.6 Å². The molecule has 6 heteroatoms. The van der Waals surface area contributed by atoms with E-state index >= 15 is 0 Å². The zero-order chi connectivity index (χ0) is 13.8. The van der Waals surface area contributed by atoms with Gasteiger partial charge in [0, 0.05) is 6.04 Å². The van der Waals surface area contributed by atoms with Crippen LogP contribution >= 0.6 is 0 Å². The molecule has 4 N–H and O–H groups in total. The number of hydrogen-bond acceptors (Lipinski definition) is 2. The molecule has 0 aliphatic rings. The van der Waals surface area contributed by atoms with Crippen LogP contribution in [-0.2, 0) is 6.18 Å². The van der Waals surface area contributed by atoms with Crippen LogP contribution in [0, 0.1) is 5.82 Å². The molecule has 1 aromatic carbocycles. The van der Waals surface area contributed by atoms with Crippen LogP contribution in [0.3, 0.4) is 0 Å². The zero-order valence-corrected chi connectivity index (χ0v) is 9.80. The smallest absolute Gasteiger partial charge is 0.330 e. The van der Waals surface area contributed by atoms with Crippen LogP contribution in [-0.4, -0.2) is 6.54 Å². The highest BCUT2D eigenvalue weighted by Crippen LogP contribution is 2.35. The molecule has 102 valence electrons. The molecular weight excluding hydrogens is 248 g/mol. The molecule has 1 aromatic rings. The van der Waals surface area contributed by atoms with Gasteiger partial charge in [-0.1, -0.05) is 6.42 Å². The van der Waals surface area contributed by atoms with E-state index in [-0.39, 0.29) is 5.56 Å². The lowest BCUT2D eigenvalue weighted by Crippen LogP contribution is -2.18. The highest BCUT2D eigenvalue weighted by Gasteiger charge is 2.34. The summed E-state index contributed by atoms with van der Waals surface area (Å²) in [5.74, 6) is -0.715. The van der Waals surface area contributed by atoms with Gasteiger partial charge < -0.3 is 11.5 Å². The van der Waals surface area contributed by atoms with Crippen LogP contribution in [0.15, 0.2) is 18.2 Å². The molecule has 0 amide bonds. The monoisotopic (exact) mass is 264 g/mol. The van der Waals surface area contributed by atoms with Gasteiger partial charge in [-0.3, -0.25) is 0 Å². The first-order chi connectivity index (χ1) is 8.36. The summed E-state index contributed by atoms with van der Waals surface area (Å²) in [6.07, 6.45) is -2.87. The molecule has 0 saturated carbocycles. The number of benzene rings is 1. The molecule has 0 heterocycles. The average molecular weight is 264 g/mol. The summed E-state index contributed by atoms with van der Waals surface area (Å²) in [6.45, 7) is 0.460. The Kier molecular flexibility index (Phi) is 5.10. The molecule has 1 rings (SSSR count). The minimum absolute atomic E-state index is 0.195. The van der Waals surface area contributed by atoms with Gasteiger partial charge >= 0.3 is 6.18 Å². The Morgan fingerprint density at radius 1 is 1.17 bits per heavy atom. The molecule has 0 fully saturated rings. The second-order valence-corrected chi connectivity index (χ2v) is 4.12. The topological polar surface area (TPSA) is 52.0 Å². The Balaban J connectivity index is 2.94. The number of rotatable bonds is 5. The predicted molar refractivity (Wildman–Crippen MR) is 61.2 cm³/mol. The van der Waals surface area contributed by atoms with Crippen molar-refractivity contribution in [2.24, 2.45) is 11.5 Å². The predicted octanol–water partition coefficient (Wildman–Crippen LogP) is 2.97. The molecular formula is C12H16F4N2. The Bertz CT molecular complexity index is 390. The molecule has 0 radical (unpaired) electrons. The molecule has 0 aliphatic carbocycles. The summed E-state index contributed by atoms with van der Waals surface area (Å²) < 4.78 is 51.2. The summed E-state index contributed by atoms with van der Waals surface area (Å²) in [5, 5.41) is 0. The Morgan fingerprint density at radius 2 is 1.83 bits per heavy atom. The summed E-state index contributed by atoms with van der Waals surface area (Å²) >= 11 is 0. The third-order valence-electron chi connectivity index (χ3n) is 2.69. The number of hydrogen-bond donors (Lipinski definition) is 2. The molecule has 0 bridgehead atoms. The van der Waals surface area contributed by atoms with Crippen LogP contribution in [0.2, 0.25) is 0 Å². The van der Waals surface area contributed by atoms with Crippen molar-refractivity contribution in [3.63, 3.8) is 0 Å². The maximum atomic E-state index is 13.0. The third-order valence-corrected chi connectivity index (χ3v) is 2.69. The van der Waals surface area contributed by atoms with Crippen molar-refractivity contribution in [1.82, 2.24) is 0 Å². The minimum Gasteiger partial charge on any atom is -0.330 e. The van der Waals surface area contributed by atoms with E-state index in [1.54, 1.807) is 0 Å². The zero-order valence-electron chi connectivity index (χ0n) is 9.80.